The molecule has 1 heterocycles. The van der Waals surface area contributed by atoms with Gasteiger partial charge >= 0.3 is 0 Å². The van der Waals surface area contributed by atoms with Gasteiger partial charge in [0, 0.05) is 17.0 Å². The molecule has 23 heavy (non-hydrogen) atoms. The Hall–Kier alpha value is -2.27. The van der Waals surface area contributed by atoms with Crippen molar-refractivity contribution in [3.8, 4) is 5.75 Å². The zero-order chi connectivity index (χ0) is 16.2. The molecule has 2 N–H and O–H groups in total. The van der Waals surface area contributed by atoms with Crippen LogP contribution in [0.3, 0.4) is 0 Å². The summed E-state index contributed by atoms with van der Waals surface area (Å²) in [7, 11) is 0. The van der Waals surface area contributed by atoms with E-state index in [9.17, 15) is 9.18 Å². The van der Waals surface area contributed by atoms with Crippen molar-refractivity contribution in [1.29, 1.82) is 0 Å². The predicted molar refractivity (Wildman–Crippen MR) is 87.3 cm³/mol. The summed E-state index contributed by atoms with van der Waals surface area (Å²) in [5.41, 5.74) is 1.21. The van der Waals surface area contributed by atoms with Gasteiger partial charge in [-0.3, -0.25) is 4.79 Å². The number of nitrogens with one attached hydrogen (secondary N) is 2. The lowest BCUT2D eigenvalue weighted by Crippen LogP contribution is -2.35. The first-order valence-corrected chi connectivity index (χ1v) is 7.71. The molecule has 2 aromatic rings. The first kappa shape index (κ1) is 15.6. The number of ether oxygens (including phenoxy) is 1. The highest BCUT2D eigenvalue weighted by Gasteiger charge is 2.22. The van der Waals surface area contributed by atoms with E-state index in [1.54, 1.807) is 6.07 Å². The number of para-hydroxylation sites is 1. The molecule has 0 aromatic heterocycles. The third-order valence-electron chi connectivity index (χ3n) is 3.66. The van der Waals surface area contributed by atoms with E-state index in [0.29, 0.717) is 18.1 Å². The summed E-state index contributed by atoms with van der Waals surface area (Å²) in [5.74, 6) is 0.100. The molecule has 6 heteroatoms. The van der Waals surface area contributed by atoms with Gasteiger partial charge < -0.3 is 15.4 Å². The lowest BCUT2D eigenvalue weighted by molar-refractivity contribution is -0.120. The minimum absolute atomic E-state index is 0.0158. The van der Waals surface area contributed by atoms with E-state index in [1.807, 2.05) is 24.3 Å². The highest BCUT2D eigenvalue weighted by atomic mass is 35.5. The fourth-order valence-corrected chi connectivity index (χ4v) is 2.70. The second-order valence-electron chi connectivity index (χ2n) is 5.27. The van der Waals surface area contributed by atoms with Crippen LogP contribution >= 0.6 is 11.6 Å². The maximum atomic E-state index is 13.7. The highest BCUT2D eigenvalue weighted by molar-refractivity contribution is 6.30. The first-order valence-electron chi connectivity index (χ1n) is 7.33. The second-order valence-corrected chi connectivity index (χ2v) is 5.71. The van der Waals surface area contributed by atoms with Gasteiger partial charge in [-0.15, -0.1) is 0 Å². The van der Waals surface area contributed by atoms with Crippen LogP contribution in [0.2, 0.25) is 5.02 Å². The fourth-order valence-electron chi connectivity index (χ4n) is 2.55. The summed E-state index contributed by atoms with van der Waals surface area (Å²) in [6.45, 7) is 0.541. The Morgan fingerprint density at radius 3 is 2.96 bits per heavy atom. The third-order valence-corrected chi connectivity index (χ3v) is 3.90. The van der Waals surface area contributed by atoms with Gasteiger partial charge in [-0.05, 0) is 24.3 Å². The summed E-state index contributed by atoms with van der Waals surface area (Å²) in [6, 6.07) is 11.8. The molecule has 1 aliphatic heterocycles. The van der Waals surface area contributed by atoms with Crippen LogP contribution in [0.5, 0.6) is 5.75 Å². The SMILES string of the molecule is O=C(CNc1ccc(Cl)cc1F)NC1CCOc2ccccc21. The molecule has 1 amide bonds. The number of hydrogen-bond acceptors (Lipinski definition) is 3. The summed E-state index contributed by atoms with van der Waals surface area (Å²) in [5, 5.41) is 6.04. The van der Waals surface area contributed by atoms with E-state index in [1.165, 1.54) is 12.1 Å². The third kappa shape index (κ3) is 3.74. The van der Waals surface area contributed by atoms with E-state index in [2.05, 4.69) is 10.6 Å². The summed E-state index contributed by atoms with van der Waals surface area (Å²) >= 11 is 5.70. The lowest BCUT2D eigenvalue weighted by atomic mass is 10.0. The Labute approximate surface area is 138 Å². The van der Waals surface area contributed by atoms with Crippen molar-refractivity contribution in [2.24, 2.45) is 0 Å². The normalized spacial score (nSPS) is 16.2. The molecule has 0 saturated carbocycles. The van der Waals surface area contributed by atoms with Gasteiger partial charge in [0.25, 0.3) is 0 Å². The summed E-state index contributed by atoms with van der Waals surface area (Å²) < 4.78 is 19.2. The molecule has 4 nitrogen and oxygen atoms in total. The maximum absolute atomic E-state index is 13.7. The van der Waals surface area contributed by atoms with Crippen LogP contribution in [0, 0.1) is 5.82 Å². The first-order chi connectivity index (χ1) is 11.1. The van der Waals surface area contributed by atoms with Gasteiger partial charge in [0.1, 0.15) is 11.6 Å². The van der Waals surface area contributed by atoms with Gasteiger partial charge in [0.15, 0.2) is 0 Å². The Balaban J connectivity index is 1.60. The minimum atomic E-state index is -0.485. The monoisotopic (exact) mass is 334 g/mol. The van der Waals surface area contributed by atoms with Gasteiger partial charge in [-0.2, -0.15) is 0 Å². The number of hydrogen-bond donors (Lipinski definition) is 2. The molecule has 1 aliphatic rings. The highest BCUT2D eigenvalue weighted by Crippen LogP contribution is 2.31. The number of anilines is 1. The molecule has 3 rings (SSSR count). The average Bonchev–Trinajstić information content (AvgIpc) is 2.54. The summed E-state index contributed by atoms with van der Waals surface area (Å²) in [6.07, 6.45) is 0.706. The molecule has 0 fully saturated rings. The van der Waals surface area contributed by atoms with Gasteiger partial charge in [0.05, 0.1) is 24.9 Å². The number of fused-ring (bicyclic) bond motifs is 1. The van der Waals surface area contributed by atoms with Crippen LogP contribution in [0.15, 0.2) is 42.5 Å². The van der Waals surface area contributed by atoms with E-state index in [4.69, 9.17) is 16.3 Å². The molecular formula is C17H16ClFN2O2. The Morgan fingerprint density at radius 1 is 1.30 bits per heavy atom. The van der Waals surface area contributed by atoms with Crippen molar-refractivity contribution in [2.45, 2.75) is 12.5 Å². The minimum Gasteiger partial charge on any atom is -0.493 e. The average molecular weight is 335 g/mol. The van der Waals surface area contributed by atoms with E-state index in [0.717, 1.165) is 11.3 Å². The molecule has 120 valence electrons. The molecule has 0 aliphatic carbocycles. The van der Waals surface area contributed by atoms with E-state index in [-0.39, 0.29) is 24.2 Å². The largest absolute Gasteiger partial charge is 0.493 e. The second kappa shape index (κ2) is 6.87. The van der Waals surface area contributed by atoms with Crippen LogP contribution in [0.1, 0.15) is 18.0 Å². The topological polar surface area (TPSA) is 50.4 Å². The number of benzene rings is 2. The molecule has 0 saturated heterocycles. The Morgan fingerprint density at radius 2 is 2.13 bits per heavy atom. The van der Waals surface area contributed by atoms with E-state index >= 15 is 0 Å². The zero-order valence-corrected chi connectivity index (χ0v) is 13.1. The molecule has 1 atom stereocenters. The molecule has 0 radical (unpaired) electrons. The quantitative estimate of drug-likeness (QED) is 0.899. The lowest BCUT2D eigenvalue weighted by Gasteiger charge is -2.26. The van der Waals surface area contributed by atoms with Gasteiger partial charge in [-0.25, -0.2) is 4.39 Å². The molecule has 0 bridgehead atoms. The number of rotatable bonds is 4. The molecule has 0 spiro atoms. The predicted octanol–water partition coefficient (Wildman–Crippen LogP) is 3.53. The van der Waals surface area contributed by atoms with Crippen LogP contribution in [0.25, 0.3) is 0 Å². The van der Waals surface area contributed by atoms with Gasteiger partial charge in [-0.1, -0.05) is 29.8 Å². The molecule has 2 aromatic carbocycles. The number of carbonyl (C=O) groups excluding carboxylic acids is 1. The van der Waals surface area contributed by atoms with Crippen LogP contribution < -0.4 is 15.4 Å². The van der Waals surface area contributed by atoms with Crippen molar-refractivity contribution in [1.82, 2.24) is 5.32 Å². The van der Waals surface area contributed by atoms with Crippen molar-refractivity contribution in [3.63, 3.8) is 0 Å². The van der Waals surface area contributed by atoms with Crippen LogP contribution in [-0.2, 0) is 4.79 Å². The number of amides is 1. The molecule has 1 unspecified atom stereocenters. The van der Waals surface area contributed by atoms with Crippen molar-refractivity contribution in [3.05, 3.63) is 58.9 Å². The smallest absolute Gasteiger partial charge is 0.239 e. The van der Waals surface area contributed by atoms with Gasteiger partial charge in [0.2, 0.25) is 5.91 Å². The van der Waals surface area contributed by atoms with Crippen LogP contribution in [0.4, 0.5) is 10.1 Å². The van der Waals surface area contributed by atoms with Crippen molar-refractivity contribution < 1.29 is 13.9 Å². The Kier molecular flexibility index (Phi) is 4.67. The van der Waals surface area contributed by atoms with Crippen molar-refractivity contribution >= 4 is 23.2 Å². The Bertz CT molecular complexity index is 723. The van der Waals surface area contributed by atoms with E-state index < -0.39 is 5.82 Å². The maximum Gasteiger partial charge on any atom is 0.239 e. The number of carbonyl (C=O) groups is 1. The standard InChI is InChI=1S/C17H16ClFN2O2/c18-11-5-6-15(13(19)9-11)20-10-17(22)21-14-7-8-23-16-4-2-1-3-12(14)16/h1-6,9,14,20H,7-8,10H2,(H,21,22). The number of halogens is 2. The molecular weight excluding hydrogens is 319 g/mol. The fraction of sp³-hybridized carbons (Fsp3) is 0.235. The van der Waals surface area contributed by atoms with Crippen molar-refractivity contribution in [2.75, 3.05) is 18.5 Å². The zero-order valence-electron chi connectivity index (χ0n) is 12.3. The van der Waals surface area contributed by atoms with Crippen LogP contribution in [-0.4, -0.2) is 19.1 Å². The summed E-state index contributed by atoms with van der Waals surface area (Å²) in [4.78, 5) is 12.1.